The zero-order chi connectivity index (χ0) is 15.2. The average Bonchev–Trinajstić information content (AvgIpc) is 2.48. The second-order valence-corrected chi connectivity index (χ2v) is 4.67. The van der Waals surface area contributed by atoms with Gasteiger partial charge in [0.15, 0.2) is 0 Å². The van der Waals surface area contributed by atoms with Gasteiger partial charge in [-0.05, 0) is 13.1 Å². The highest BCUT2D eigenvalue weighted by Gasteiger charge is 2.14. The van der Waals surface area contributed by atoms with Gasteiger partial charge in [-0.25, -0.2) is 14.8 Å². The van der Waals surface area contributed by atoms with Gasteiger partial charge >= 0.3 is 5.97 Å². The van der Waals surface area contributed by atoms with Crippen molar-refractivity contribution in [3.05, 3.63) is 53.6 Å². The number of benzene rings is 1. The Morgan fingerprint density at radius 2 is 2.10 bits per heavy atom. The van der Waals surface area contributed by atoms with E-state index in [9.17, 15) is 4.79 Å². The summed E-state index contributed by atoms with van der Waals surface area (Å²) in [6.45, 7) is 1.05. The zero-order valence-corrected chi connectivity index (χ0v) is 12.0. The summed E-state index contributed by atoms with van der Waals surface area (Å²) < 4.78 is 5.31. The number of aromatic nitrogens is 2. The number of para-hydroxylation sites is 1. The molecule has 0 atom stereocenters. The van der Waals surface area contributed by atoms with Gasteiger partial charge in [0.2, 0.25) is 0 Å². The van der Waals surface area contributed by atoms with Crippen molar-refractivity contribution in [1.29, 1.82) is 0 Å². The Morgan fingerprint density at radius 1 is 1.33 bits per heavy atom. The lowest BCUT2D eigenvalue weighted by Crippen LogP contribution is -2.20. The van der Waals surface area contributed by atoms with Crippen molar-refractivity contribution in [2.45, 2.75) is 13.1 Å². The standard InChI is InChI=1S/C15H17N3O3/c1-18(8-11-5-3-4-6-14(11)21-2)9-13-12(15(19)20)7-16-10-17-13/h3-7,10H,8-9H2,1-2H3,(H,19,20). The number of carboxylic acids is 1. The largest absolute Gasteiger partial charge is 0.496 e. The summed E-state index contributed by atoms with van der Waals surface area (Å²) in [6.07, 6.45) is 2.68. The summed E-state index contributed by atoms with van der Waals surface area (Å²) in [6, 6.07) is 7.73. The Balaban J connectivity index is 2.12. The molecule has 0 radical (unpaired) electrons. The normalized spacial score (nSPS) is 10.6. The molecule has 2 rings (SSSR count). The maximum atomic E-state index is 11.1. The third-order valence-electron chi connectivity index (χ3n) is 3.08. The van der Waals surface area contributed by atoms with Crippen LogP contribution in [0.5, 0.6) is 5.75 Å². The number of aromatic carboxylic acids is 1. The number of nitrogens with zero attached hydrogens (tertiary/aromatic N) is 3. The highest BCUT2D eigenvalue weighted by molar-refractivity contribution is 5.88. The van der Waals surface area contributed by atoms with Crippen LogP contribution in [-0.2, 0) is 13.1 Å². The minimum absolute atomic E-state index is 0.129. The molecule has 1 N–H and O–H groups in total. The van der Waals surface area contributed by atoms with Crippen molar-refractivity contribution in [2.24, 2.45) is 0 Å². The predicted octanol–water partition coefficient (Wildman–Crippen LogP) is 1.82. The fourth-order valence-corrected chi connectivity index (χ4v) is 2.10. The van der Waals surface area contributed by atoms with Crippen LogP contribution in [0.3, 0.4) is 0 Å². The quantitative estimate of drug-likeness (QED) is 0.873. The van der Waals surface area contributed by atoms with E-state index in [1.807, 2.05) is 36.2 Å². The van der Waals surface area contributed by atoms with E-state index in [0.717, 1.165) is 11.3 Å². The molecule has 6 heteroatoms. The SMILES string of the molecule is COc1ccccc1CN(C)Cc1ncncc1C(=O)O. The van der Waals surface area contributed by atoms with E-state index in [1.165, 1.54) is 12.5 Å². The molecule has 0 bridgehead atoms. The summed E-state index contributed by atoms with van der Waals surface area (Å²) >= 11 is 0. The van der Waals surface area contributed by atoms with Crippen LogP contribution in [-0.4, -0.2) is 40.1 Å². The van der Waals surface area contributed by atoms with Gasteiger partial charge < -0.3 is 9.84 Å². The maximum absolute atomic E-state index is 11.1. The first-order valence-electron chi connectivity index (χ1n) is 6.44. The van der Waals surface area contributed by atoms with E-state index in [1.54, 1.807) is 7.11 Å². The lowest BCUT2D eigenvalue weighted by Gasteiger charge is -2.18. The second-order valence-electron chi connectivity index (χ2n) is 4.67. The molecule has 0 saturated heterocycles. The number of carboxylic acid groups (broad SMARTS) is 1. The molecule has 2 aromatic rings. The monoisotopic (exact) mass is 287 g/mol. The predicted molar refractivity (Wildman–Crippen MR) is 77.2 cm³/mol. The van der Waals surface area contributed by atoms with Gasteiger partial charge in [-0.3, -0.25) is 4.90 Å². The first-order chi connectivity index (χ1) is 10.1. The van der Waals surface area contributed by atoms with Gasteiger partial charge in [-0.2, -0.15) is 0 Å². The molecule has 110 valence electrons. The molecule has 1 heterocycles. The Hall–Kier alpha value is -2.47. The van der Waals surface area contributed by atoms with E-state index in [2.05, 4.69) is 9.97 Å². The van der Waals surface area contributed by atoms with Crippen molar-refractivity contribution in [3.63, 3.8) is 0 Å². The van der Waals surface area contributed by atoms with Gasteiger partial charge in [0.05, 0.1) is 12.8 Å². The fourth-order valence-electron chi connectivity index (χ4n) is 2.10. The molecule has 1 aromatic carbocycles. The van der Waals surface area contributed by atoms with Gasteiger partial charge in [0, 0.05) is 24.8 Å². The second kappa shape index (κ2) is 6.81. The topological polar surface area (TPSA) is 75.5 Å². The number of rotatable bonds is 6. The van der Waals surface area contributed by atoms with Crippen LogP contribution in [0.15, 0.2) is 36.8 Å². The van der Waals surface area contributed by atoms with Gasteiger partial charge in [0.1, 0.15) is 17.6 Å². The number of methoxy groups -OCH3 is 1. The van der Waals surface area contributed by atoms with Crippen molar-refractivity contribution < 1.29 is 14.6 Å². The maximum Gasteiger partial charge on any atom is 0.339 e. The lowest BCUT2D eigenvalue weighted by molar-refractivity contribution is 0.0693. The van der Waals surface area contributed by atoms with Gasteiger partial charge in [-0.15, -0.1) is 0 Å². The van der Waals surface area contributed by atoms with Gasteiger partial charge in [0.25, 0.3) is 0 Å². The number of hydrogen-bond donors (Lipinski definition) is 1. The highest BCUT2D eigenvalue weighted by Crippen LogP contribution is 2.19. The minimum Gasteiger partial charge on any atom is -0.496 e. The number of carbonyl (C=O) groups is 1. The van der Waals surface area contributed by atoms with Crippen LogP contribution in [0.2, 0.25) is 0 Å². The number of hydrogen-bond acceptors (Lipinski definition) is 5. The van der Waals surface area contributed by atoms with Crippen molar-refractivity contribution in [3.8, 4) is 5.75 Å². The van der Waals surface area contributed by atoms with Crippen LogP contribution in [0.4, 0.5) is 0 Å². The molecule has 0 aliphatic heterocycles. The molecule has 0 spiro atoms. The summed E-state index contributed by atoms with van der Waals surface area (Å²) in [5, 5.41) is 9.13. The van der Waals surface area contributed by atoms with Crippen LogP contribution in [0, 0.1) is 0 Å². The van der Waals surface area contributed by atoms with Crippen LogP contribution >= 0.6 is 0 Å². The first-order valence-corrected chi connectivity index (χ1v) is 6.44. The lowest BCUT2D eigenvalue weighted by atomic mass is 10.1. The molecule has 0 unspecified atom stereocenters. The molecule has 1 aromatic heterocycles. The summed E-state index contributed by atoms with van der Waals surface area (Å²) in [5.41, 5.74) is 1.66. The molecular weight excluding hydrogens is 270 g/mol. The molecule has 21 heavy (non-hydrogen) atoms. The molecule has 0 aliphatic rings. The van der Waals surface area contributed by atoms with E-state index in [4.69, 9.17) is 9.84 Å². The molecule has 0 saturated carbocycles. The summed E-state index contributed by atoms with van der Waals surface area (Å²) in [4.78, 5) is 20.9. The third-order valence-corrected chi connectivity index (χ3v) is 3.08. The molecule has 0 amide bonds. The van der Waals surface area contributed by atoms with Crippen LogP contribution < -0.4 is 4.74 Å². The number of ether oxygens (including phenoxy) is 1. The molecule has 0 fully saturated rings. The first kappa shape index (κ1) is 14.9. The van der Waals surface area contributed by atoms with E-state index in [0.29, 0.717) is 18.8 Å². The Labute approximate surface area is 123 Å². The van der Waals surface area contributed by atoms with E-state index in [-0.39, 0.29) is 5.56 Å². The van der Waals surface area contributed by atoms with Crippen molar-refractivity contribution in [1.82, 2.24) is 14.9 Å². The van der Waals surface area contributed by atoms with Crippen molar-refractivity contribution >= 4 is 5.97 Å². The molecule has 0 aliphatic carbocycles. The van der Waals surface area contributed by atoms with Gasteiger partial charge in [-0.1, -0.05) is 18.2 Å². The average molecular weight is 287 g/mol. The molecule has 6 nitrogen and oxygen atoms in total. The van der Waals surface area contributed by atoms with E-state index >= 15 is 0 Å². The van der Waals surface area contributed by atoms with E-state index < -0.39 is 5.97 Å². The third kappa shape index (κ3) is 3.76. The Morgan fingerprint density at radius 3 is 2.81 bits per heavy atom. The Kier molecular flexibility index (Phi) is 4.84. The Bertz CT molecular complexity index is 631. The minimum atomic E-state index is -1.02. The summed E-state index contributed by atoms with van der Waals surface area (Å²) in [5.74, 6) is -0.207. The zero-order valence-electron chi connectivity index (χ0n) is 12.0. The highest BCUT2D eigenvalue weighted by atomic mass is 16.5. The fraction of sp³-hybridized carbons (Fsp3) is 0.267. The van der Waals surface area contributed by atoms with Crippen molar-refractivity contribution in [2.75, 3.05) is 14.2 Å². The molecular formula is C15H17N3O3. The summed E-state index contributed by atoms with van der Waals surface area (Å²) in [7, 11) is 3.53. The van der Waals surface area contributed by atoms with Crippen LogP contribution in [0.25, 0.3) is 0 Å². The van der Waals surface area contributed by atoms with Crippen LogP contribution in [0.1, 0.15) is 21.6 Å². The smallest absolute Gasteiger partial charge is 0.339 e.